The number of hydrogen-bond acceptors (Lipinski definition) is 3. The first kappa shape index (κ1) is 20.6. The van der Waals surface area contributed by atoms with Crippen LogP contribution in [0.3, 0.4) is 0 Å². The summed E-state index contributed by atoms with van der Waals surface area (Å²) in [6, 6.07) is 8.97. The Morgan fingerprint density at radius 3 is 2.85 bits per heavy atom. The third-order valence-electron chi connectivity index (χ3n) is 5.38. The van der Waals surface area contributed by atoms with Crippen molar-refractivity contribution in [3.63, 3.8) is 0 Å². The smallest absolute Gasteiger partial charge is 0.191 e. The number of rotatable bonds is 8. The van der Waals surface area contributed by atoms with Gasteiger partial charge in [-0.1, -0.05) is 38.5 Å². The minimum Gasteiger partial charge on any atom is -0.496 e. The zero-order valence-corrected chi connectivity index (χ0v) is 16.9. The largest absolute Gasteiger partial charge is 0.496 e. The zero-order valence-electron chi connectivity index (χ0n) is 16.9. The minimum atomic E-state index is 0.344. The Hall–Kier alpha value is -1.75. The molecule has 146 valence electrons. The summed E-state index contributed by atoms with van der Waals surface area (Å²) >= 11 is 0. The van der Waals surface area contributed by atoms with Crippen LogP contribution >= 0.6 is 0 Å². The summed E-state index contributed by atoms with van der Waals surface area (Å²) in [6.45, 7) is 8.58. The molecule has 1 saturated heterocycles. The third-order valence-corrected chi connectivity index (χ3v) is 5.38. The van der Waals surface area contributed by atoms with Crippen LogP contribution in [-0.2, 0) is 0 Å². The molecule has 2 N–H and O–H groups in total. The van der Waals surface area contributed by atoms with Gasteiger partial charge in [-0.3, -0.25) is 9.89 Å². The fourth-order valence-electron chi connectivity index (χ4n) is 3.79. The fraction of sp³-hybridized carbons (Fsp3) is 0.667. The standard InChI is InChI=1S/C21H36N4O/c1-5-18-10-8-9-14-25(18)15-13-23-21(22-3)24-16-17(2)19-11-6-7-12-20(19)26-4/h6-7,11-12,17-18H,5,8-10,13-16H2,1-4H3,(H2,22,23,24). The second kappa shape index (κ2) is 11.1. The van der Waals surface area contributed by atoms with Gasteiger partial charge < -0.3 is 15.4 Å². The highest BCUT2D eigenvalue weighted by atomic mass is 16.5. The summed E-state index contributed by atoms with van der Waals surface area (Å²) in [5.74, 6) is 2.16. The van der Waals surface area contributed by atoms with Gasteiger partial charge in [0, 0.05) is 38.6 Å². The van der Waals surface area contributed by atoms with Gasteiger partial charge in [0.25, 0.3) is 0 Å². The van der Waals surface area contributed by atoms with Gasteiger partial charge in [0.05, 0.1) is 7.11 Å². The maximum absolute atomic E-state index is 5.47. The van der Waals surface area contributed by atoms with Crippen LogP contribution in [0.15, 0.2) is 29.3 Å². The van der Waals surface area contributed by atoms with Gasteiger partial charge in [0.1, 0.15) is 5.75 Å². The first-order valence-electron chi connectivity index (χ1n) is 10.0. The molecule has 0 saturated carbocycles. The van der Waals surface area contributed by atoms with Crippen molar-refractivity contribution in [2.45, 2.75) is 51.5 Å². The molecule has 26 heavy (non-hydrogen) atoms. The maximum atomic E-state index is 5.47. The van der Waals surface area contributed by atoms with Crippen LogP contribution in [0.2, 0.25) is 0 Å². The molecule has 0 aromatic heterocycles. The van der Waals surface area contributed by atoms with E-state index in [0.717, 1.165) is 37.4 Å². The Kier molecular flexibility index (Phi) is 8.75. The molecule has 0 spiro atoms. The summed E-state index contributed by atoms with van der Waals surface area (Å²) in [6.07, 6.45) is 5.32. The van der Waals surface area contributed by atoms with Gasteiger partial charge in [-0.15, -0.1) is 0 Å². The van der Waals surface area contributed by atoms with Gasteiger partial charge in [-0.25, -0.2) is 0 Å². The van der Waals surface area contributed by atoms with Crippen LogP contribution in [-0.4, -0.2) is 57.2 Å². The van der Waals surface area contributed by atoms with Crippen LogP contribution in [0, 0.1) is 0 Å². The molecule has 2 rings (SSSR count). The summed E-state index contributed by atoms with van der Waals surface area (Å²) in [4.78, 5) is 6.99. The third kappa shape index (κ3) is 5.90. The summed E-state index contributed by atoms with van der Waals surface area (Å²) < 4.78 is 5.47. The zero-order chi connectivity index (χ0) is 18.8. The number of hydrogen-bond donors (Lipinski definition) is 2. The molecule has 1 aromatic rings. The minimum absolute atomic E-state index is 0.344. The topological polar surface area (TPSA) is 48.9 Å². The Morgan fingerprint density at radius 2 is 2.12 bits per heavy atom. The molecular formula is C21H36N4O. The van der Waals surface area contributed by atoms with Crippen LogP contribution < -0.4 is 15.4 Å². The first-order chi connectivity index (χ1) is 12.7. The molecule has 1 fully saturated rings. The van der Waals surface area contributed by atoms with Gasteiger partial charge in [-0.2, -0.15) is 0 Å². The summed E-state index contributed by atoms with van der Waals surface area (Å²) in [5, 5.41) is 6.91. The molecule has 1 aliphatic heterocycles. The number of piperidine rings is 1. The maximum Gasteiger partial charge on any atom is 0.191 e. The van der Waals surface area contributed by atoms with E-state index in [0.29, 0.717) is 5.92 Å². The molecule has 2 atom stereocenters. The monoisotopic (exact) mass is 360 g/mol. The molecule has 1 aromatic carbocycles. The number of benzene rings is 1. The Labute approximate surface area is 159 Å². The van der Waals surface area contributed by atoms with Crippen molar-refractivity contribution in [3.8, 4) is 5.75 Å². The first-order valence-corrected chi connectivity index (χ1v) is 10.0. The molecular weight excluding hydrogens is 324 g/mol. The van der Waals surface area contributed by atoms with Crippen molar-refractivity contribution in [1.29, 1.82) is 0 Å². The molecule has 1 heterocycles. The highest BCUT2D eigenvalue weighted by molar-refractivity contribution is 5.79. The van der Waals surface area contributed by atoms with Crippen molar-refractivity contribution >= 4 is 5.96 Å². The van der Waals surface area contributed by atoms with Crippen molar-refractivity contribution < 1.29 is 4.74 Å². The molecule has 2 unspecified atom stereocenters. The van der Waals surface area contributed by atoms with Crippen molar-refractivity contribution in [2.75, 3.05) is 40.3 Å². The van der Waals surface area contributed by atoms with Gasteiger partial charge in [0.15, 0.2) is 5.96 Å². The number of likely N-dealkylation sites (tertiary alicyclic amines) is 1. The fourth-order valence-corrected chi connectivity index (χ4v) is 3.79. The number of ether oxygens (including phenoxy) is 1. The molecule has 0 amide bonds. The average Bonchev–Trinajstić information content (AvgIpc) is 2.70. The van der Waals surface area contributed by atoms with E-state index in [1.54, 1.807) is 7.11 Å². The number of guanidine groups is 1. The van der Waals surface area contributed by atoms with E-state index in [1.165, 1.54) is 37.8 Å². The predicted octanol–water partition coefficient (Wildman–Crippen LogP) is 3.23. The molecule has 0 aliphatic carbocycles. The molecule has 1 aliphatic rings. The lowest BCUT2D eigenvalue weighted by Gasteiger charge is -2.35. The Morgan fingerprint density at radius 1 is 1.31 bits per heavy atom. The summed E-state index contributed by atoms with van der Waals surface area (Å²) in [7, 11) is 3.56. The predicted molar refractivity (Wildman–Crippen MR) is 110 cm³/mol. The second-order valence-corrected chi connectivity index (χ2v) is 7.12. The van der Waals surface area contributed by atoms with E-state index in [1.807, 2.05) is 19.2 Å². The molecule has 0 radical (unpaired) electrons. The number of aliphatic imine (C=N–C) groups is 1. The van der Waals surface area contributed by atoms with Crippen LogP contribution in [0.25, 0.3) is 0 Å². The molecule has 5 heteroatoms. The van der Waals surface area contributed by atoms with Gasteiger partial charge in [0.2, 0.25) is 0 Å². The van der Waals surface area contributed by atoms with E-state index >= 15 is 0 Å². The van der Waals surface area contributed by atoms with E-state index in [2.05, 4.69) is 46.5 Å². The average molecular weight is 361 g/mol. The highest BCUT2D eigenvalue weighted by Crippen LogP contribution is 2.25. The SMILES string of the molecule is CCC1CCCCN1CCNC(=NC)NCC(C)c1ccccc1OC. The second-order valence-electron chi connectivity index (χ2n) is 7.12. The van der Waals surface area contributed by atoms with E-state index < -0.39 is 0 Å². The molecule has 5 nitrogen and oxygen atoms in total. The quantitative estimate of drug-likeness (QED) is 0.552. The Bertz CT molecular complexity index is 561. The highest BCUT2D eigenvalue weighted by Gasteiger charge is 2.20. The van der Waals surface area contributed by atoms with E-state index in [4.69, 9.17) is 4.74 Å². The van der Waals surface area contributed by atoms with Gasteiger partial charge >= 0.3 is 0 Å². The number of nitrogens with zero attached hydrogens (tertiary/aromatic N) is 2. The Balaban J connectivity index is 1.77. The van der Waals surface area contributed by atoms with Gasteiger partial charge in [-0.05, 0) is 37.4 Å². The number of methoxy groups -OCH3 is 1. The lowest BCUT2D eigenvalue weighted by atomic mass is 10.00. The lowest BCUT2D eigenvalue weighted by molar-refractivity contribution is 0.147. The summed E-state index contributed by atoms with van der Waals surface area (Å²) in [5.41, 5.74) is 1.22. The van der Waals surface area contributed by atoms with Crippen molar-refractivity contribution in [3.05, 3.63) is 29.8 Å². The van der Waals surface area contributed by atoms with Crippen LogP contribution in [0.5, 0.6) is 5.75 Å². The van der Waals surface area contributed by atoms with E-state index in [9.17, 15) is 0 Å². The van der Waals surface area contributed by atoms with Crippen LogP contribution in [0.4, 0.5) is 0 Å². The van der Waals surface area contributed by atoms with Crippen LogP contribution in [0.1, 0.15) is 51.0 Å². The van der Waals surface area contributed by atoms with E-state index in [-0.39, 0.29) is 0 Å². The van der Waals surface area contributed by atoms with Crippen molar-refractivity contribution in [1.82, 2.24) is 15.5 Å². The normalized spacial score (nSPS) is 19.8. The number of nitrogens with one attached hydrogen (secondary N) is 2. The lowest BCUT2D eigenvalue weighted by Crippen LogP contribution is -2.46. The van der Waals surface area contributed by atoms with Crippen molar-refractivity contribution in [2.24, 2.45) is 4.99 Å². The molecule has 0 bridgehead atoms. The number of para-hydroxylation sites is 1.